The van der Waals surface area contributed by atoms with Crippen LogP contribution in [0, 0.1) is 11.3 Å². The molecule has 2 saturated carbocycles. The van der Waals surface area contributed by atoms with Gasteiger partial charge in [-0.2, -0.15) is 0 Å². The molecule has 2 N–H and O–H groups in total. The zero-order valence-corrected chi connectivity index (χ0v) is 15.2. The number of rotatable bonds is 8. The fourth-order valence-electron chi connectivity index (χ4n) is 4.90. The van der Waals surface area contributed by atoms with Crippen LogP contribution in [0.3, 0.4) is 0 Å². The highest BCUT2D eigenvalue weighted by atomic mass is 16.5. The molecule has 0 spiro atoms. The van der Waals surface area contributed by atoms with Crippen LogP contribution >= 0.6 is 0 Å². The predicted molar refractivity (Wildman–Crippen MR) is 94.3 cm³/mol. The summed E-state index contributed by atoms with van der Waals surface area (Å²) in [5.41, 5.74) is -0.603. The lowest BCUT2D eigenvalue weighted by Crippen LogP contribution is -2.39. The Kier molecular flexibility index (Phi) is 6.34. The van der Waals surface area contributed by atoms with Gasteiger partial charge in [-0.05, 0) is 38.0 Å². The number of aliphatic carboxylic acids is 1. The van der Waals surface area contributed by atoms with Gasteiger partial charge in [0, 0.05) is 26.2 Å². The summed E-state index contributed by atoms with van der Waals surface area (Å²) in [4.78, 5) is 25.8. The third kappa shape index (κ3) is 4.53. The monoisotopic (exact) mass is 352 g/mol. The van der Waals surface area contributed by atoms with E-state index in [1.165, 1.54) is 32.1 Å². The van der Waals surface area contributed by atoms with E-state index in [1.54, 1.807) is 0 Å². The lowest BCUT2D eigenvalue weighted by molar-refractivity contribution is -0.149. The fourth-order valence-corrected chi connectivity index (χ4v) is 4.90. The second-order valence-corrected chi connectivity index (χ2v) is 8.05. The van der Waals surface area contributed by atoms with Gasteiger partial charge < -0.3 is 15.2 Å². The minimum absolute atomic E-state index is 0.00169. The summed E-state index contributed by atoms with van der Waals surface area (Å²) < 4.78 is 5.86. The van der Waals surface area contributed by atoms with E-state index in [1.807, 2.05) is 4.90 Å². The average Bonchev–Trinajstić information content (AvgIpc) is 3.13. The minimum Gasteiger partial charge on any atom is -0.481 e. The van der Waals surface area contributed by atoms with Gasteiger partial charge in [-0.25, -0.2) is 0 Å². The molecular formula is C19H32N2O4. The zero-order valence-electron chi connectivity index (χ0n) is 15.2. The van der Waals surface area contributed by atoms with Crippen LogP contribution in [0.1, 0.15) is 57.8 Å². The summed E-state index contributed by atoms with van der Waals surface area (Å²) in [5, 5.41) is 12.5. The van der Waals surface area contributed by atoms with E-state index in [0.717, 1.165) is 32.2 Å². The summed E-state index contributed by atoms with van der Waals surface area (Å²) in [5.74, 6) is -0.474. The molecule has 25 heavy (non-hydrogen) atoms. The third-order valence-corrected chi connectivity index (χ3v) is 6.28. The number of hydrogen-bond acceptors (Lipinski definition) is 4. The molecule has 1 amide bonds. The van der Waals surface area contributed by atoms with E-state index in [2.05, 4.69) is 5.32 Å². The Balaban J connectivity index is 1.30. The maximum Gasteiger partial charge on any atom is 0.311 e. The van der Waals surface area contributed by atoms with Crippen LogP contribution < -0.4 is 5.32 Å². The number of carboxylic acid groups (broad SMARTS) is 1. The van der Waals surface area contributed by atoms with E-state index < -0.39 is 11.4 Å². The molecule has 0 unspecified atom stereocenters. The summed E-state index contributed by atoms with van der Waals surface area (Å²) in [6.45, 7) is 2.91. The third-order valence-electron chi connectivity index (χ3n) is 6.28. The zero-order chi connectivity index (χ0) is 17.7. The lowest BCUT2D eigenvalue weighted by Gasteiger charge is -2.23. The van der Waals surface area contributed by atoms with Crippen molar-refractivity contribution in [2.45, 2.75) is 63.9 Å². The van der Waals surface area contributed by atoms with E-state index in [9.17, 15) is 14.7 Å². The Hall–Kier alpha value is -1.14. The molecule has 1 aliphatic heterocycles. The number of carboxylic acids is 1. The van der Waals surface area contributed by atoms with Gasteiger partial charge in [0.1, 0.15) is 0 Å². The van der Waals surface area contributed by atoms with Gasteiger partial charge in [-0.1, -0.05) is 25.7 Å². The number of nitrogens with zero attached hydrogens (tertiary/aromatic N) is 1. The highest BCUT2D eigenvalue weighted by molar-refractivity contribution is 5.79. The number of likely N-dealkylation sites (tertiary alicyclic amines) is 1. The van der Waals surface area contributed by atoms with Crippen LogP contribution in [0.2, 0.25) is 0 Å². The second kappa shape index (κ2) is 8.49. The Bertz CT molecular complexity index is 478. The highest BCUT2D eigenvalue weighted by Gasteiger charge is 2.54. The van der Waals surface area contributed by atoms with E-state index >= 15 is 0 Å². The van der Waals surface area contributed by atoms with Crippen molar-refractivity contribution in [3.8, 4) is 0 Å². The topological polar surface area (TPSA) is 78.9 Å². The van der Waals surface area contributed by atoms with Gasteiger partial charge in [0.2, 0.25) is 5.91 Å². The van der Waals surface area contributed by atoms with E-state index in [-0.39, 0.29) is 11.8 Å². The SMILES string of the molecule is O=C(CN1C[C@@H]2CCC[C@@]2(C(=O)O)C1)NCCCOC1CCCCC1. The predicted octanol–water partition coefficient (Wildman–Crippen LogP) is 2.03. The van der Waals surface area contributed by atoms with Crippen molar-refractivity contribution in [2.24, 2.45) is 11.3 Å². The van der Waals surface area contributed by atoms with Crippen LogP contribution in [0.5, 0.6) is 0 Å². The first-order valence-electron chi connectivity index (χ1n) is 9.94. The Morgan fingerprint density at radius 3 is 2.68 bits per heavy atom. The largest absolute Gasteiger partial charge is 0.481 e. The van der Waals surface area contributed by atoms with Crippen LogP contribution in [0.25, 0.3) is 0 Å². The fraction of sp³-hybridized carbons (Fsp3) is 0.895. The molecule has 3 rings (SSSR count). The Morgan fingerprint density at radius 2 is 1.96 bits per heavy atom. The number of fused-ring (bicyclic) bond motifs is 1. The summed E-state index contributed by atoms with van der Waals surface area (Å²) in [6.07, 6.45) is 10.2. The second-order valence-electron chi connectivity index (χ2n) is 8.05. The number of carbonyl (C=O) groups excluding carboxylic acids is 1. The number of carbonyl (C=O) groups is 2. The van der Waals surface area contributed by atoms with Crippen molar-refractivity contribution >= 4 is 11.9 Å². The van der Waals surface area contributed by atoms with Gasteiger partial charge >= 0.3 is 5.97 Å². The summed E-state index contributed by atoms with van der Waals surface area (Å²) in [6, 6.07) is 0. The van der Waals surface area contributed by atoms with Crippen molar-refractivity contribution < 1.29 is 19.4 Å². The number of nitrogens with one attached hydrogen (secondary N) is 1. The molecule has 142 valence electrons. The summed E-state index contributed by atoms with van der Waals surface area (Å²) in [7, 11) is 0. The minimum atomic E-state index is -0.683. The highest BCUT2D eigenvalue weighted by Crippen LogP contribution is 2.48. The molecule has 0 aromatic rings. The van der Waals surface area contributed by atoms with Crippen molar-refractivity contribution in [2.75, 3.05) is 32.8 Å². The smallest absolute Gasteiger partial charge is 0.311 e. The quantitative estimate of drug-likeness (QED) is 0.654. The molecule has 0 bridgehead atoms. The van der Waals surface area contributed by atoms with E-state index in [0.29, 0.717) is 32.3 Å². The Labute approximate surface area is 150 Å². The molecule has 2 atom stereocenters. The van der Waals surface area contributed by atoms with Gasteiger partial charge in [-0.3, -0.25) is 14.5 Å². The van der Waals surface area contributed by atoms with Gasteiger partial charge in [0.15, 0.2) is 0 Å². The first-order valence-corrected chi connectivity index (χ1v) is 9.94. The van der Waals surface area contributed by atoms with Crippen molar-refractivity contribution in [1.29, 1.82) is 0 Å². The average molecular weight is 352 g/mol. The molecule has 0 aromatic carbocycles. The van der Waals surface area contributed by atoms with Gasteiger partial charge in [-0.15, -0.1) is 0 Å². The number of ether oxygens (including phenoxy) is 1. The maximum absolute atomic E-state index is 12.1. The molecule has 3 fully saturated rings. The number of hydrogen-bond donors (Lipinski definition) is 2. The van der Waals surface area contributed by atoms with Gasteiger partial charge in [0.25, 0.3) is 0 Å². The molecule has 2 aliphatic carbocycles. The maximum atomic E-state index is 12.1. The molecule has 0 aromatic heterocycles. The van der Waals surface area contributed by atoms with Crippen molar-refractivity contribution in [3.63, 3.8) is 0 Å². The van der Waals surface area contributed by atoms with Crippen LogP contribution in [-0.4, -0.2) is 60.8 Å². The lowest BCUT2D eigenvalue weighted by atomic mass is 9.81. The van der Waals surface area contributed by atoms with Crippen LogP contribution in [-0.2, 0) is 14.3 Å². The summed E-state index contributed by atoms with van der Waals surface area (Å²) >= 11 is 0. The first kappa shape index (κ1) is 18.6. The molecule has 3 aliphatic rings. The van der Waals surface area contributed by atoms with Crippen LogP contribution in [0.15, 0.2) is 0 Å². The van der Waals surface area contributed by atoms with Crippen LogP contribution in [0.4, 0.5) is 0 Å². The van der Waals surface area contributed by atoms with E-state index in [4.69, 9.17) is 4.74 Å². The first-order chi connectivity index (χ1) is 12.1. The molecule has 6 heteroatoms. The normalized spacial score (nSPS) is 30.3. The molecule has 6 nitrogen and oxygen atoms in total. The molecule has 0 radical (unpaired) electrons. The number of amides is 1. The molecule has 1 heterocycles. The standard InChI is InChI=1S/C19H32N2O4/c22-17(20-10-5-11-25-16-7-2-1-3-8-16)13-21-12-15-6-4-9-19(15,14-21)18(23)24/h15-16H,1-14H2,(H,20,22)(H,23,24)/t15-,19+/m0/s1. The Morgan fingerprint density at radius 1 is 1.16 bits per heavy atom. The molecule has 1 saturated heterocycles. The molecular weight excluding hydrogens is 320 g/mol. The van der Waals surface area contributed by atoms with Crippen molar-refractivity contribution in [3.05, 3.63) is 0 Å². The van der Waals surface area contributed by atoms with Gasteiger partial charge in [0.05, 0.1) is 18.1 Å². The van der Waals surface area contributed by atoms with Crippen molar-refractivity contribution in [1.82, 2.24) is 10.2 Å².